The van der Waals surface area contributed by atoms with E-state index < -0.39 is 0 Å². The first-order valence-electron chi connectivity index (χ1n) is 9.18. The van der Waals surface area contributed by atoms with E-state index in [1.807, 2.05) is 51.2 Å². The predicted molar refractivity (Wildman–Crippen MR) is 111 cm³/mol. The largest absolute Gasteiger partial charge is 0.443 e. The number of amides is 1. The molecule has 150 valence electrons. The number of rotatable bonds is 6. The van der Waals surface area contributed by atoms with Gasteiger partial charge in [0.1, 0.15) is 6.10 Å². The first-order valence-corrected chi connectivity index (χ1v) is 9.18. The Labute approximate surface area is 164 Å². The van der Waals surface area contributed by atoms with E-state index in [1.165, 1.54) is 0 Å². The Balaban J connectivity index is 0.00000136. The van der Waals surface area contributed by atoms with Crippen molar-refractivity contribution in [1.82, 2.24) is 9.78 Å². The Morgan fingerprint density at radius 2 is 2.21 bits per heavy atom. The number of nitrogens with zero attached hydrogens (tertiary/aromatic N) is 5. The molecule has 0 saturated carbocycles. The van der Waals surface area contributed by atoms with Crippen molar-refractivity contribution < 1.29 is 9.53 Å². The van der Waals surface area contributed by atoms with Crippen molar-refractivity contribution in [2.45, 2.75) is 33.4 Å². The summed E-state index contributed by atoms with van der Waals surface area (Å²) in [5.74, 6) is 5.43. The molecule has 3 rings (SSSR count). The fraction of sp³-hybridized carbons (Fsp3) is 0.368. The molecular weight excluding hydrogens is 358 g/mol. The molecular formula is C19H27N7O2. The summed E-state index contributed by atoms with van der Waals surface area (Å²) in [6.07, 6.45) is 4.47. The van der Waals surface area contributed by atoms with Crippen molar-refractivity contribution in [2.24, 2.45) is 21.7 Å². The number of aliphatic imine (C=N–C) groups is 1. The zero-order chi connectivity index (χ0) is 20.5. The zero-order valence-electron chi connectivity index (χ0n) is 16.4. The van der Waals surface area contributed by atoms with E-state index in [0.29, 0.717) is 25.3 Å². The number of hydrogen-bond donors (Lipinski definition) is 2. The van der Waals surface area contributed by atoms with E-state index in [2.05, 4.69) is 15.2 Å². The Kier molecular flexibility index (Phi) is 7.70. The second kappa shape index (κ2) is 10.2. The SMILES string of the molecule is CC.Cc1cc(N2CC(CN)OC2=O)ccc1N=C/C(Cn1cccn1)=N\N. The molecule has 1 aromatic carbocycles. The quantitative estimate of drug-likeness (QED) is 0.448. The number of hydrogen-bond acceptors (Lipinski definition) is 7. The van der Waals surface area contributed by atoms with Gasteiger partial charge in [0.05, 0.1) is 30.7 Å². The molecule has 9 nitrogen and oxygen atoms in total. The maximum Gasteiger partial charge on any atom is 0.414 e. The molecule has 28 heavy (non-hydrogen) atoms. The van der Waals surface area contributed by atoms with Crippen LogP contribution in [-0.4, -0.2) is 47.0 Å². The number of carbonyl (C=O) groups is 1. The minimum absolute atomic E-state index is 0.272. The van der Waals surface area contributed by atoms with Crippen LogP contribution < -0.4 is 16.5 Å². The highest BCUT2D eigenvalue weighted by atomic mass is 16.6. The highest BCUT2D eigenvalue weighted by Crippen LogP contribution is 2.27. The van der Waals surface area contributed by atoms with Gasteiger partial charge >= 0.3 is 6.09 Å². The van der Waals surface area contributed by atoms with Crippen LogP contribution in [-0.2, 0) is 11.3 Å². The lowest BCUT2D eigenvalue weighted by atomic mass is 10.1. The summed E-state index contributed by atoms with van der Waals surface area (Å²) in [6.45, 7) is 7.11. The van der Waals surface area contributed by atoms with Crippen molar-refractivity contribution in [3.63, 3.8) is 0 Å². The number of cyclic esters (lactones) is 1. The lowest BCUT2D eigenvalue weighted by Gasteiger charge is -2.14. The van der Waals surface area contributed by atoms with Crippen LogP contribution in [0.1, 0.15) is 19.4 Å². The Hall–Kier alpha value is -3.20. The van der Waals surface area contributed by atoms with E-state index in [4.69, 9.17) is 16.3 Å². The Morgan fingerprint density at radius 3 is 2.79 bits per heavy atom. The van der Waals surface area contributed by atoms with Gasteiger partial charge in [0.25, 0.3) is 0 Å². The second-order valence-electron chi connectivity index (χ2n) is 5.91. The molecule has 9 heteroatoms. The smallest absolute Gasteiger partial charge is 0.414 e. The van der Waals surface area contributed by atoms with Gasteiger partial charge in [-0.3, -0.25) is 14.6 Å². The molecule has 0 aliphatic carbocycles. The van der Waals surface area contributed by atoms with Crippen LogP contribution in [0, 0.1) is 6.92 Å². The third kappa shape index (κ3) is 5.17. The maximum absolute atomic E-state index is 11.9. The van der Waals surface area contributed by atoms with Gasteiger partial charge in [-0.2, -0.15) is 10.2 Å². The molecule has 0 radical (unpaired) electrons. The summed E-state index contributed by atoms with van der Waals surface area (Å²) < 4.78 is 6.89. The summed E-state index contributed by atoms with van der Waals surface area (Å²) in [7, 11) is 0. The van der Waals surface area contributed by atoms with Crippen LogP contribution >= 0.6 is 0 Å². The molecule has 1 atom stereocenters. The van der Waals surface area contributed by atoms with E-state index >= 15 is 0 Å². The topological polar surface area (TPSA) is 124 Å². The van der Waals surface area contributed by atoms with Gasteiger partial charge in [0, 0.05) is 24.6 Å². The predicted octanol–water partition coefficient (Wildman–Crippen LogP) is 2.22. The van der Waals surface area contributed by atoms with Crippen LogP contribution in [0.2, 0.25) is 0 Å². The average molecular weight is 385 g/mol. The lowest BCUT2D eigenvalue weighted by Crippen LogP contribution is -2.27. The van der Waals surface area contributed by atoms with Gasteiger partial charge in [0.2, 0.25) is 0 Å². The van der Waals surface area contributed by atoms with Crippen molar-refractivity contribution >= 4 is 29.4 Å². The molecule has 1 aliphatic rings. The summed E-state index contributed by atoms with van der Waals surface area (Å²) in [4.78, 5) is 17.9. The molecule has 1 fully saturated rings. The van der Waals surface area contributed by atoms with E-state index in [0.717, 1.165) is 16.9 Å². The monoisotopic (exact) mass is 385 g/mol. The van der Waals surface area contributed by atoms with Crippen LogP contribution in [0.5, 0.6) is 0 Å². The van der Waals surface area contributed by atoms with Gasteiger partial charge in [0.15, 0.2) is 0 Å². The summed E-state index contributed by atoms with van der Waals surface area (Å²) >= 11 is 0. The number of benzene rings is 1. The normalized spacial score (nSPS) is 16.9. The highest BCUT2D eigenvalue weighted by molar-refractivity contribution is 6.30. The minimum Gasteiger partial charge on any atom is -0.443 e. The van der Waals surface area contributed by atoms with Gasteiger partial charge in [-0.05, 0) is 36.8 Å². The third-order valence-electron chi connectivity index (χ3n) is 4.03. The van der Waals surface area contributed by atoms with Crippen molar-refractivity contribution in [1.29, 1.82) is 0 Å². The van der Waals surface area contributed by atoms with E-state index in [9.17, 15) is 4.79 Å². The molecule has 0 spiro atoms. The van der Waals surface area contributed by atoms with Crippen molar-refractivity contribution in [2.75, 3.05) is 18.0 Å². The van der Waals surface area contributed by atoms with Crippen LogP contribution in [0.25, 0.3) is 0 Å². The zero-order valence-corrected chi connectivity index (χ0v) is 16.4. The number of aromatic nitrogens is 2. The van der Waals surface area contributed by atoms with E-state index in [1.54, 1.807) is 22.0 Å². The minimum atomic E-state index is -0.382. The second-order valence-corrected chi connectivity index (χ2v) is 5.91. The number of hydrazone groups is 1. The summed E-state index contributed by atoms with van der Waals surface area (Å²) in [6, 6.07) is 7.38. The molecule has 1 aromatic heterocycles. The average Bonchev–Trinajstić information content (AvgIpc) is 3.36. The summed E-state index contributed by atoms with van der Waals surface area (Å²) in [5, 5.41) is 7.85. The number of anilines is 1. The molecule has 1 saturated heterocycles. The molecule has 1 amide bonds. The van der Waals surface area contributed by atoms with Crippen LogP contribution in [0.15, 0.2) is 46.8 Å². The first kappa shape index (κ1) is 21.1. The maximum atomic E-state index is 11.9. The lowest BCUT2D eigenvalue weighted by molar-refractivity contribution is 0.145. The van der Waals surface area contributed by atoms with Gasteiger partial charge in [-0.1, -0.05) is 13.8 Å². The fourth-order valence-corrected chi connectivity index (χ4v) is 2.63. The third-order valence-corrected chi connectivity index (χ3v) is 4.03. The number of ether oxygens (including phenoxy) is 1. The van der Waals surface area contributed by atoms with Gasteiger partial charge < -0.3 is 16.3 Å². The molecule has 2 heterocycles. The number of nitrogens with two attached hydrogens (primary N) is 2. The van der Waals surface area contributed by atoms with Crippen LogP contribution in [0.4, 0.5) is 16.2 Å². The van der Waals surface area contributed by atoms with Crippen LogP contribution in [0.3, 0.4) is 0 Å². The van der Waals surface area contributed by atoms with Crippen molar-refractivity contribution in [3.8, 4) is 0 Å². The Bertz CT molecular complexity index is 831. The van der Waals surface area contributed by atoms with Crippen molar-refractivity contribution in [3.05, 3.63) is 42.2 Å². The standard InChI is InChI=1S/C17H21N7O2.C2H6/c1-12-7-14(24-11-15(8-18)26-17(24)25)3-4-16(12)20-9-13(22-19)10-23-6-2-5-21-23;1-2/h2-7,9,15H,8,10-11,18-19H2,1H3;1-2H3/b20-9?,22-13+;. The van der Waals surface area contributed by atoms with Gasteiger partial charge in [-0.15, -0.1) is 0 Å². The number of carbonyl (C=O) groups excluding carboxylic acids is 1. The fourth-order valence-electron chi connectivity index (χ4n) is 2.63. The molecule has 0 bridgehead atoms. The van der Waals surface area contributed by atoms with E-state index in [-0.39, 0.29) is 12.2 Å². The molecule has 1 aliphatic heterocycles. The Morgan fingerprint density at radius 1 is 1.43 bits per heavy atom. The molecule has 4 N–H and O–H groups in total. The molecule has 2 aromatic rings. The summed E-state index contributed by atoms with van der Waals surface area (Å²) in [5.41, 5.74) is 8.59. The van der Waals surface area contributed by atoms with Gasteiger partial charge in [-0.25, -0.2) is 4.79 Å². The highest BCUT2D eigenvalue weighted by Gasteiger charge is 2.31. The first-order chi connectivity index (χ1) is 13.6. The number of aryl methyl sites for hydroxylation is 1. The molecule has 1 unspecified atom stereocenters.